The number of ether oxygens (including phenoxy) is 1. The molecule has 1 aromatic carbocycles. The van der Waals surface area contributed by atoms with Gasteiger partial charge in [-0.25, -0.2) is 4.79 Å². The van der Waals surface area contributed by atoms with Crippen molar-refractivity contribution in [2.24, 2.45) is 0 Å². The maximum atomic E-state index is 11.8. The quantitative estimate of drug-likeness (QED) is 0.858. The van der Waals surface area contributed by atoms with Crippen molar-refractivity contribution in [2.45, 2.75) is 26.4 Å². The maximum Gasteiger partial charge on any atom is 0.338 e. The second kappa shape index (κ2) is 6.67. The summed E-state index contributed by atoms with van der Waals surface area (Å²) in [6.07, 6.45) is 0. The summed E-state index contributed by atoms with van der Waals surface area (Å²) >= 11 is 0. The predicted molar refractivity (Wildman–Crippen MR) is 87.5 cm³/mol. The monoisotopic (exact) mass is 306 g/mol. The van der Waals surface area contributed by atoms with E-state index in [-0.39, 0.29) is 5.97 Å². The minimum Gasteiger partial charge on any atom is -0.465 e. The third-order valence-electron chi connectivity index (χ3n) is 3.97. The summed E-state index contributed by atoms with van der Waals surface area (Å²) in [5.41, 5.74) is 1.94. The normalized spacial score (nSPS) is 16.7. The molecule has 0 aliphatic carbocycles. The highest BCUT2D eigenvalue weighted by atomic mass is 16.5. The third kappa shape index (κ3) is 4.21. The van der Waals surface area contributed by atoms with Gasteiger partial charge in [0, 0.05) is 38.4 Å². The van der Waals surface area contributed by atoms with Gasteiger partial charge < -0.3 is 14.7 Å². The molecule has 1 heterocycles. The molecule has 0 atom stereocenters. The first-order valence-corrected chi connectivity index (χ1v) is 7.69. The molecule has 1 aromatic rings. The zero-order valence-corrected chi connectivity index (χ0v) is 13.9. The van der Waals surface area contributed by atoms with E-state index in [1.807, 2.05) is 39.0 Å². The van der Waals surface area contributed by atoms with Crippen LogP contribution in [0.15, 0.2) is 18.2 Å². The first kappa shape index (κ1) is 16.8. The Hall–Kier alpha value is -1.59. The number of rotatable bonds is 4. The molecular formula is C17H26N2O3. The number of piperazine rings is 1. The predicted octanol–water partition coefficient (Wildman–Crippen LogP) is 1.67. The van der Waals surface area contributed by atoms with Gasteiger partial charge in [-0.2, -0.15) is 0 Å². The highest BCUT2D eigenvalue weighted by molar-refractivity contribution is 5.92. The second-order valence-corrected chi connectivity index (χ2v) is 6.57. The fourth-order valence-corrected chi connectivity index (χ4v) is 2.85. The van der Waals surface area contributed by atoms with Crippen LogP contribution in [0, 0.1) is 6.92 Å². The maximum absolute atomic E-state index is 11.8. The topological polar surface area (TPSA) is 53.0 Å². The number of esters is 1. The standard InChI is InChI=1S/C17H26N2O3/c1-13-5-6-14(11-15(13)16(20)22-4)19-9-7-18(8-10-19)12-17(2,3)21/h5-6,11,21H,7-10,12H2,1-4H3. The molecular weight excluding hydrogens is 280 g/mol. The molecule has 2 rings (SSSR count). The Morgan fingerprint density at radius 1 is 1.27 bits per heavy atom. The van der Waals surface area contributed by atoms with E-state index in [1.54, 1.807) is 0 Å². The van der Waals surface area contributed by atoms with Gasteiger partial charge in [-0.05, 0) is 38.5 Å². The zero-order valence-electron chi connectivity index (χ0n) is 13.9. The molecule has 0 unspecified atom stereocenters. The van der Waals surface area contributed by atoms with Crippen LogP contribution in [-0.2, 0) is 4.74 Å². The van der Waals surface area contributed by atoms with E-state index in [9.17, 15) is 9.90 Å². The number of anilines is 1. The van der Waals surface area contributed by atoms with Crippen LogP contribution in [0.2, 0.25) is 0 Å². The molecule has 0 amide bonds. The van der Waals surface area contributed by atoms with Crippen molar-refractivity contribution in [1.29, 1.82) is 0 Å². The molecule has 0 saturated carbocycles. The van der Waals surface area contributed by atoms with Gasteiger partial charge in [-0.3, -0.25) is 4.90 Å². The zero-order chi connectivity index (χ0) is 16.3. The minimum absolute atomic E-state index is 0.292. The van der Waals surface area contributed by atoms with E-state index in [2.05, 4.69) is 9.80 Å². The van der Waals surface area contributed by atoms with Crippen molar-refractivity contribution in [3.05, 3.63) is 29.3 Å². The summed E-state index contributed by atoms with van der Waals surface area (Å²) in [4.78, 5) is 16.3. The summed E-state index contributed by atoms with van der Waals surface area (Å²) in [6.45, 7) is 9.86. The Bertz CT molecular complexity index is 529. The molecule has 1 aliphatic rings. The number of β-amino-alcohol motifs (C(OH)–C–C–N with tert-alkyl or cyclic N) is 1. The van der Waals surface area contributed by atoms with Crippen molar-refractivity contribution in [1.82, 2.24) is 4.90 Å². The number of hydrogen-bond acceptors (Lipinski definition) is 5. The van der Waals surface area contributed by atoms with E-state index in [4.69, 9.17) is 4.74 Å². The lowest BCUT2D eigenvalue weighted by molar-refractivity contribution is 0.0345. The number of methoxy groups -OCH3 is 1. The number of benzene rings is 1. The highest BCUT2D eigenvalue weighted by Crippen LogP contribution is 2.22. The van der Waals surface area contributed by atoms with Crippen LogP contribution in [0.5, 0.6) is 0 Å². The van der Waals surface area contributed by atoms with E-state index in [0.29, 0.717) is 12.1 Å². The molecule has 122 valence electrons. The van der Waals surface area contributed by atoms with E-state index < -0.39 is 5.60 Å². The van der Waals surface area contributed by atoms with Gasteiger partial charge in [0.1, 0.15) is 0 Å². The van der Waals surface area contributed by atoms with Gasteiger partial charge in [-0.15, -0.1) is 0 Å². The summed E-state index contributed by atoms with van der Waals surface area (Å²) in [6, 6.07) is 5.92. The van der Waals surface area contributed by atoms with Gasteiger partial charge in [0.05, 0.1) is 18.3 Å². The fourth-order valence-electron chi connectivity index (χ4n) is 2.85. The molecule has 22 heavy (non-hydrogen) atoms. The van der Waals surface area contributed by atoms with Crippen LogP contribution in [0.3, 0.4) is 0 Å². The van der Waals surface area contributed by atoms with Crippen LogP contribution < -0.4 is 4.90 Å². The second-order valence-electron chi connectivity index (χ2n) is 6.57. The lowest BCUT2D eigenvalue weighted by Crippen LogP contribution is -2.50. The molecule has 0 bridgehead atoms. The largest absolute Gasteiger partial charge is 0.465 e. The Balaban J connectivity index is 2.04. The lowest BCUT2D eigenvalue weighted by atomic mass is 10.1. The van der Waals surface area contributed by atoms with Crippen molar-refractivity contribution < 1.29 is 14.6 Å². The molecule has 5 heteroatoms. The number of carbonyl (C=O) groups is 1. The first-order valence-electron chi connectivity index (χ1n) is 7.69. The molecule has 0 radical (unpaired) electrons. The minimum atomic E-state index is -0.663. The first-order chi connectivity index (χ1) is 10.3. The average molecular weight is 306 g/mol. The summed E-state index contributed by atoms with van der Waals surface area (Å²) < 4.78 is 4.84. The van der Waals surface area contributed by atoms with Crippen molar-refractivity contribution >= 4 is 11.7 Å². The Labute approximate surface area is 132 Å². The summed E-state index contributed by atoms with van der Waals surface area (Å²) in [5.74, 6) is -0.292. The van der Waals surface area contributed by atoms with Gasteiger partial charge >= 0.3 is 5.97 Å². The third-order valence-corrected chi connectivity index (χ3v) is 3.97. The van der Waals surface area contributed by atoms with Crippen LogP contribution in [0.4, 0.5) is 5.69 Å². The van der Waals surface area contributed by atoms with Crippen LogP contribution in [-0.4, -0.2) is 61.4 Å². The number of nitrogens with zero attached hydrogens (tertiary/aromatic N) is 2. The number of carbonyl (C=O) groups excluding carboxylic acids is 1. The number of aliphatic hydroxyl groups is 1. The molecule has 0 spiro atoms. The van der Waals surface area contributed by atoms with Gasteiger partial charge in [0.2, 0.25) is 0 Å². The Kier molecular flexibility index (Phi) is 5.08. The van der Waals surface area contributed by atoms with Crippen molar-refractivity contribution in [3.8, 4) is 0 Å². The number of hydrogen-bond donors (Lipinski definition) is 1. The SMILES string of the molecule is COC(=O)c1cc(N2CCN(CC(C)(C)O)CC2)ccc1C. The summed E-state index contributed by atoms with van der Waals surface area (Å²) in [7, 11) is 1.41. The van der Waals surface area contributed by atoms with Gasteiger partial charge in [0.15, 0.2) is 0 Å². The Morgan fingerprint density at radius 3 is 2.45 bits per heavy atom. The van der Waals surface area contributed by atoms with Crippen LogP contribution in [0.1, 0.15) is 29.8 Å². The molecule has 1 fully saturated rings. The molecule has 1 N–H and O–H groups in total. The summed E-state index contributed by atoms with van der Waals surface area (Å²) in [5, 5.41) is 9.90. The lowest BCUT2D eigenvalue weighted by Gasteiger charge is -2.38. The average Bonchev–Trinajstić information content (AvgIpc) is 2.46. The highest BCUT2D eigenvalue weighted by Gasteiger charge is 2.23. The Morgan fingerprint density at radius 2 is 1.91 bits per heavy atom. The van der Waals surface area contributed by atoms with E-state index >= 15 is 0 Å². The molecule has 0 aromatic heterocycles. The van der Waals surface area contributed by atoms with E-state index in [1.165, 1.54) is 7.11 Å². The smallest absolute Gasteiger partial charge is 0.338 e. The van der Waals surface area contributed by atoms with Crippen LogP contribution in [0.25, 0.3) is 0 Å². The molecule has 5 nitrogen and oxygen atoms in total. The fraction of sp³-hybridized carbons (Fsp3) is 0.588. The van der Waals surface area contributed by atoms with Gasteiger partial charge in [-0.1, -0.05) is 6.07 Å². The van der Waals surface area contributed by atoms with Crippen molar-refractivity contribution in [2.75, 3.05) is 44.7 Å². The van der Waals surface area contributed by atoms with E-state index in [0.717, 1.165) is 37.4 Å². The molecule has 1 saturated heterocycles. The number of aryl methyl sites for hydroxylation is 1. The molecule has 1 aliphatic heterocycles. The van der Waals surface area contributed by atoms with Crippen molar-refractivity contribution in [3.63, 3.8) is 0 Å². The van der Waals surface area contributed by atoms with Crippen LogP contribution >= 0.6 is 0 Å². The van der Waals surface area contributed by atoms with Gasteiger partial charge in [0.25, 0.3) is 0 Å².